The molecule has 94 valence electrons. The van der Waals surface area contributed by atoms with Crippen molar-refractivity contribution in [3.63, 3.8) is 0 Å². The van der Waals surface area contributed by atoms with E-state index in [0.29, 0.717) is 11.8 Å². The van der Waals surface area contributed by atoms with Crippen LogP contribution in [0.3, 0.4) is 0 Å². The first kappa shape index (κ1) is 13.3. The lowest BCUT2D eigenvalue weighted by atomic mass is 10.1. The van der Waals surface area contributed by atoms with Gasteiger partial charge in [-0.1, -0.05) is 27.7 Å². The zero-order valence-corrected chi connectivity index (χ0v) is 11.2. The van der Waals surface area contributed by atoms with Crippen LogP contribution in [0.5, 0.6) is 0 Å². The standard InChI is InChI=1S/C13H26N2O/c1-11(2)5-7-14-9-10-15(13(14)16)8-6-12(3)4/h11-12H,5-10H2,1-4H3. The zero-order chi connectivity index (χ0) is 12.1. The van der Waals surface area contributed by atoms with Crippen molar-refractivity contribution in [2.45, 2.75) is 40.5 Å². The van der Waals surface area contributed by atoms with Gasteiger partial charge in [0, 0.05) is 26.2 Å². The fourth-order valence-electron chi connectivity index (χ4n) is 1.88. The van der Waals surface area contributed by atoms with Crippen LogP contribution in [0.2, 0.25) is 0 Å². The Bertz CT molecular complexity index is 204. The van der Waals surface area contributed by atoms with Gasteiger partial charge in [-0.25, -0.2) is 4.79 Å². The van der Waals surface area contributed by atoms with Crippen molar-refractivity contribution in [2.75, 3.05) is 26.2 Å². The minimum Gasteiger partial charge on any atom is -0.323 e. The van der Waals surface area contributed by atoms with E-state index in [1.54, 1.807) is 0 Å². The Kier molecular flexibility index (Phi) is 5.10. The van der Waals surface area contributed by atoms with Crippen LogP contribution in [-0.4, -0.2) is 42.0 Å². The van der Waals surface area contributed by atoms with Crippen LogP contribution in [0.1, 0.15) is 40.5 Å². The lowest BCUT2D eigenvalue weighted by Crippen LogP contribution is -2.33. The Hall–Kier alpha value is -0.730. The van der Waals surface area contributed by atoms with E-state index in [0.717, 1.165) is 39.0 Å². The predicted molar refractivity (Wildman–Crippen MR) is 67.5 cm³/mol. The van der Waals surface area contributed by atoms with Crippen molar-refractivity contribution in [3.05, 3.63) is 0 Å². The summed E-state index contributed by atoms with van der Waals surface area (Å²) in [5.41, 5.74) is 0. The lowest BCUT2D eigenvalue weighted by Gasteiger charge is -2.20. The Labute approximate surface area is 99.8 Å². The first-order valence-corrected chi connectivity index (χ1v) is 6.54. The van der Waals surface area contributed by atoms with Gasteiger partial charge in [-0.05, 0) is 24.7 Å². The third kappa shape index (κ3) is 4.03. The molecule has 1 saturated heterocycles. The third-order valence-electron chi connectivity index (χ3n) is 3.13. The molecule has 0 bridgehead atoms. The minimum atomic E-state index is 0.251. The van der Waals surface area contributed by atoms with Crippen molar-refractivity contribution < 1.29 is 4.79 Å². The average molecular weight is 226 g/mol. The SMILES string of the molecule is CC(C)CCN1CCN(CCC(C)C)C1=O. The fourth-order valence-corrected chi connectivity index (χ4v) is 1.88. The van der Waals surface area contributed by atoms with Gasteiger partial charge < -0.3 is 9.80 Å². The molecule has 3 nitrogen and oxygen atoms in total. The first-order valence-electron chi connectivity index (χ1n) is 6.54. The highest BCUT2D eigenvalue weighted by molar-refractivity contribution is 5.76. The van der Waals surface area contributed by atoms with Gasteiger partial charge >= 0.3 is 6.03 Å². The number of carbonyl (C=O) groups is 1. The maximum Gasteiger partial charge on any atom is 0.320 e. The van der Waals surface area contributed by atoms with Gasteiger partial charge in [-0.2, -0.15) is 0 Å². The molecule has 0 N–H and O–H groups in total. The summed E-state index contributed by atoms with van der Waals surface area (Å²) in [4.78, 5) is 16.0. The molecule has 16 heavy (non-hydrogen) atoms. The average Bonchev–Trinajstić information content (AvgIpc) is 2.53. The molecule has 0 saturated carbocycles. The summed E-state index contributed by atoms with van der Waals surface area (Å²) in [7, 11) is 0. The van der Waals surface area contributed by atoms with Crippen molar-refractivity contribution in [3.8, 4) is 0 Å². The van der Waals surface area contributed by atoms with Crippen LogP contribution in [0.25, 0.3) is 0 Å². The number of nitrogens with zero attached hydrogens (tertiary/aromatic N) is 2. The molecule has 0 aliphatic carbocycles. The molecule has 0 radical (unpaired) electrons. The zero-order valence-electron chi connectivity index (χ0n) is 11.2. The molecule has 0 spiro atoms. The highest BCUT2D eigenvalue weighted by Gasteiger charge is 2.27. The summed E-state index contributed by atoms with van der Waals surface area (Å²) in [5, 5.41) is 0. The van der Waals surface area contributed by atoms with Crippen LogP contribution >= 0.6 is 0 Å². The van der Waals surface area contributed by atoms with E-state index in [1.165, 1.54) is 0 Å². The maximum atomic E-state index is 12.0. The van der Waals surface area contributed by atoms with E-state index in [9.17, 15) is 4.79 Å². The molecule has 1 heterocycles. The molecule has 1 aliphatic heterocycles. The number of urea groups is 1. The fraction of sp³-hybridized carbons (Fsp3) is 0.923. The molecular weight excluding hydrogens is 200 g/mol. The van der Waals surface area contributed by atoms with Crippen LogP contribution in [0, 0.1) is 11.8 Å². The number of amides is 2. The van der Waals surface area contributed by atoms with E-state index in [4.69, 9.17) is 0 Å². The molecule has 0 unspecified atom stereocenters. The Morgan fingerprint density at radius 3 is 1.62 bits per heavy atom. The smallest absolute Gasteiger partial charge is 0.320 e. The number of hydrogen-bond donors (Lipinski definition) is 0. The van der Waals surface area contributed by atoms with Gasteiger partial charge in [-0.15, -0.1) is 0 Å². The highest BCUT2D eigenvalue weighted by atomic mass is 16.2. The van der Waals surface area contributed by atoms with E-state index in [2.05, 4.69) is 27.7 Å². The minimum absolute atomic E-state index is 0.251. The molecule has 0 aromatic rings. The number of hydrogen-bond acceptors (Lipinski definition) is 1. The maximum absolute atomic E-state index is 12.0. The quantitative estimate of drug-likeness (QED) is 0.683. The molecule has 0 atom stereocenters. The largest absolute Gasteiger partial charge is 0.323 e. The molecule has 1 aliphatic rings. The number of carbonyl (C=O) groups excluding carboxylic acids is 1. The van der Waals surface area contributed by atoms with E-state index >= 15 is 0 Å². The second kappa shape index (κ2) is 6.12. The molecular formula is C13H26N2O. The topological polar surface area (TPSA) is 23.6 Å². The summed E-state index contributed by atoms with van der Waals surface area (Å²) >= 11 is 0. The summed E-state index contributed by atoms with van der Waals surface area (Å²) < 4.78 is 0. The van der Waals surface area contributed by atoms with Gasteiger partial charge in [0.25, 0.3) is 0 Å². The molecule has 0 aromatic heterocycles. The summed E-state index contributed by atoms with van der Waals surface area (Å²) in [6.45, 7) is 12.5. The van der Waals surface area contributed by atoms with E-state index < -0.39 is 0 Å². The van der Waals surface area contributed by atoms with Crippen molar-refractivity contribution in [1.82, 2.24) is 9.80 Å². The van der Waals surface area contributed by atoms with Crippen molar-refractivity contribution in [2.24, 2.45) is 11.8 Å². The lowest BCUT2D eigenvalue weighted by molar-refractivity contribution is 0.188. The molecule has 1 fully saturated rings. The summed E-state index contributed by atoms with van der Waals surface area (Å²) in [6, 6.07) is 0.251. The van der Waals surface area contributed by atoms with Crippen molar-refractivity contribution in [1.29, 1.82) is 0 Å². The Morgan fingerprint density at radius 2 is 1.31 bits per heavy atom. The molecule has 3 heteroatoms. The normalized spacial score (nSPS) is 17.0. The Morgan fingerprint density at radius 1 is 0.938 bits per heavy atom. The molecule has 2 amide bonds. The predicted octanol–water partition coefficient (Wildman–Crippen LogP) is 2.82. The second-order valence-electron chi connectivity index (χ2n) is 5.62. The van der Waals surface area contributed by atoms with Gasteiger partial charge in [0.05, 0.1) is 0 Å². The van der Waals surface area contributed by atoms with E-state index in [1.807, 2.05) is 9.80 Å². The second-order valence-corrected chi connectivity index (χ2v) is 5.62. The summed E-state index contributed by atoms with van der Waals surface area (Å²) in [5.74, 6) is 1.36. The van der Waals surface area contributed by atoms with Crippen molar-refractivity contribution >= 4 is 6.03 Å². The van der Waals surface area contributed by atoms with E-state index in [-0.39, 0.29) is 6.03 Å². The molecule has 1 rings (SSSR count). The third-order valence-corrected chi connectivity index (χ3v) is 3.13. The number of rotatable bonds is 6. The van der Waals surface area contributed by atoms with Crippen LogP contribution in [0.4, 0.5) is 4.79 Å². The van der Waals surface area contributed by atoms with Gasteiger partial charge in [-0.3, -0.25) is 0 Å². The first-order chi connectivity index (χ1) is 7.50. The van der Waals surface area contributed by atoms with Crippen LogP contribution in [-0.2, 0) is 0 Å². The Balaban J connectivity index is 2.30. The van der Waals surface area contributed by atoms with Crippen LogP contribution < -0.4 is 0 Å². The summed E-state index contributed by atoms with van der Waals surface area (Å²) in [6.07, 6.45) is 2.23. The molecule has 0 aromatic carbocycles. The van der Waals surface area contributed by atoms with Gasteiger partial charge in [0.1, 0.15) is 0 Å². The monoisotopic (exact) mass is 226 g/mol. The van der Waals surface area contributed by atoms with Gasteiger partial charge in [0.15, 0.2) is 0 Å². The van der Waals surface area contributed by atoms with Gasteiger partial charge in [0.2, 0.25) is 0 Å². The highest BCUT2D eigenvalue weighted by Crippen LogP contribution is 2.13. The van der Waals surface area contributed by atoms with Crippen LogP contribution in [0.15, 0.2) is 0 Å².